The van der Waals surface area contributed by atoms with Crippen molar-refractivity contribution in [1.82, 2.24) is 60.6 Å². The first-order valence-corrected chi connectivity index (χ1v) is 34.7. The number of hydrogen-bond donors (Lipinski definition) is 5. The smallest absolute Gasteiger partial charge is 0.303 e. The second kappa shape index (κ2) is 38.6. The van der Waals surface area contributed by atoms with E-state index in [2.05, 4.69) is 26.2 Å². The van der Waals surface area contributed by atoms with Crippen LogP contribution in [0.15, 0.2) is 0 Å². The molecule has 0 spiro atoms. The van der Waals surface area contributed by atoms with Gasteiger partial charge in [-0.05, 0) is 121 Å². The molecule has 3 saturated heterocycles. The van der Waals surface area contributed by atoms with Crippen LogP contribution in [-0.2, 0) is 71.8 Å². The lowest BCUT2D eigenvalue weighted by atomic mass is 9.88. The Labute approximate surface area is 570 Å². The van der Waals surface area contributed by atoms with E-state index in [0.717, 1.165) is 40.9 Å². The van der Waals surface area contributed by atoms with Crippen LogP contribution in [0.2, 0.25) is 0 Å². The van der Waals surface area contributed by atoms with Crippen molar-refractivity contribution in [3.8, 4) is 0 Å². The fraction of sp³-hybridized carbons (Fsp3) is 0.824. The molecule has 0 unspecified atom stereocenters. The number of carboxylic acids is 1. The molecular weight excluding hydrogens is 1240 g/mol. The number of nitrogens with one attached hydrogen (secondary N) is 4. The van der Waals surface area contributed by atoms with Crippen molar-refractivity contribution in [1.29, 1.82) is 0 Å². The normalized spacial score (nSPS) is 28.2. The summed E-state index contributed by atoms with van der Waals surface area (Å²) in [4.78, 5) is 190. The van der Waals surface area contributed by atoms with Crippen LogP contribution in [-0.4, -0.2) is 276 Å². The van der Waals surface area contributed by atoms with Crippen molar-refractivity contribution in [2.75, 3.05) is 81.7 Å². The van der Waals surface area contributed by atoms with Crippen LogP contribution >= 0.6 is 0 Å². The second-order valence-electron chi connectivity index (χ2n) is 28.8. The molecule has 14 atom stereocenters. The van der Waals surface area contributed by atoms with E-state index in [-0.39, 0.29) is 69.3 Å². The van der Waals surface area contributed by atoms with Crippen molar-refractivity contribution in [2.24, 2.45) is 35.5 Å². The SMILES string of the molecule is CC[C@@H]1NC(=O)[C@@H]2[C@@H]([C@H](C)CCCC(=O)O)ON2C(=O)[C@H](C(C)C)N(C)C(=O)[C@H](CC(C)C)N(C)C(=O)[C@H](CC(C)C)N(C)C(=O)[C@@H](C)NC(=O)[C@H](C)NC(=O)[C@H](CC(C)C)N(C)C(=O)[C@H](C(C)C)NC(=O)[C@H]([C@@H](C)OCCCCN2CCOCC2)N(C)C(=O)[C@@H](C)N(C)C1=O. The Kier molecular flexibility index (Phi) is 33.6. The minimum atomic E-state index is -1.41. The molecule has 3 rings (SSSR count). The fourth-order valence-electron chi connectivity index (χ4n) is 12.7. The Hall–Kier alpha value is -6.52. The highest BCUT2D eigenvalue weighted by molar-refractivity contribution is 6.00. The van der Waals surface area contributed by atoms with Gasteiger partial charge >= 0.3 is 5.97 Å². The molecule has 3 aliphatic heterocycles. The van der Waals surface area contributed by atoms with Gasteiger partial charge in [0.15, 0.2) is 6.04 Å². The van der Waals surface area contributed by atoms with Crippen LogP contribution in [0, 0.1) is 35.5 Å². The number of carboxylic acid groups (broad SMARTS) is 1. The summed E-state index contributed by atoms with van der Waals surface area (Å²) in [5, 5.41) is 21.5. The maximum atomic E-state index is 15.2. The van der Waals surface area contributed by atoms with Crippen molar-refractivity contribution < 1.29 is 77.0 Å². The maximum absolute atomic E-state index is 15.2. The van der Waals surface area contributed by atoms with Gasteiger partial charge in [-0.15, -0.1) is 0 Å². The molecule has 3 heterocycles. The molecule has 0 aromatic rings. The van der Waals surface area contributed by atoms with Crippen LogP contribution in [0.3, 0.4) is 0 Å². The molecule has 0 aromatic carbocycles. The van der Waals surface area contributed by atoms with E-state index in [4.69, 9.17) is 14.3 Å². The first-order valence-electron chi connectivity index (χ1n) is 34.7. The largest absolute Gasteiger partial charge is 0.481 e. The van der Waals surface area contributed by atoms with Gasteiger partial charge in [-0.3, -0.25) is 67.3 Å². The summed E-state index contributed by atoms with van der Waals surface area (Å²) in [5.41, 5.74) is 0. The molecule has 0 bridgehead atoms. The van der Waals surface area contributed by atoms with E-state index in [9.17, 15) is 43.5 Å². The van der Waals surface area contributed by atoms with Gasteiger partial charge in [-0.2, -0.15) is 0 Å². The van der Waals surface area contributed by atoms with E-state index < -0.39 is 167 Å². The zero-order valence-electron chi connectivity index (χ0n) is 61.7. The molecule has 28 nitrogen and oxygen atoms in total. The number of aliphatic carboxylic acids is 1. The van der Waals surface area contributed by atoms with Crippen molar-refractivity contribution in [3.63, 3.8) is 0 Å². The Morgan fingerprint density at radius 3 is 1.56 bits per heavy atom. The number of fused-ring (bicyclic) bond motifs is 1. The minimum absolute atomic E-state index is 0.00338. The average Bonchev–Trinajstić information content (AvgIpc) is 0.763. The van der Waals surface area contributed by atoms with E-state index in [1.54, 1.807) is 48.5 Å². The highest BCUT2D eigenvalue weighted by Crippen LogP contribution is 2.34. The zero-order valence-corrected chi connectivity index (χ0v) is 61.7. The standard InChI is InChI=1S/C68H120N12O16/c1-23-48-64(89)73(17)46(15)63(88)78(22)55(47(16)95-32-25-24-29-79-30-33-94-34-31-79)60(85)72-53(41(8)9)67(92)74(18)49(35-38(2)3)59(84)69-44(13)58(83)70-45(14)62(87)75(19)50(36-39(4)5)65(90)76(20)51(37-40(6)7)66(91)77(21)54(42(10)11)68(93)80-56(61(86)71-48)57(96-80)43(12)27-26-28-52(81)82/h38-51,53-57H,23-37H2,1-22H3,(H,69,84)(H,70,83)(H,71,86)(H,72,85)(H,81,82)/t43-,44+,45-,46-,47-,48+,49+,50+,51+,53+,54+,55+,56+,57-/m1/s1. The number of amides is 11. The molecular formula is C68H120N12O16. The second-order valence-corrected chi connectivity index (χ2v) is 28.8. The van der Waals surface area contributed by atoms with E-state index >= 15 is 19.2 Å². The summed E-state index contributed by atoms with van der Waals surface area (Å²) in [6, 6.07) is -14.0. The molecule has 0 radical (unpaired) electrons. The molecule has 11 amide bonds. The predicted octanol–water partition coefficient (Wildman–Crippen LogP) is 2.74. The first kappa shape index (κ1) is 83.7. The van der Waals surface area contributed by atoms with E-state index in [1.807, 2.05) is 41.5 Å². The quantitative estimate of drug-likeness (QED) is 0.103. The van der Waals surface area contributed by atoms with Gasteiger partial charge in [0.05, 0.1) is 19.3 Å². The monoisotopic (exact) mass is 1360 g/mol. The highest BCUT2D eigenvalue weighted by atomic mass is 16.7. The third-order valence-corrected chi connectivity index (χ3v) is 18.8. The lowest BCUT2D eigenvalue weighted by molar-refractivity contribution is -0.322. The molecule has 5 N–H and O–H groups in total. The number of unbranched alkanes of at least 4 members (excludes halogenated alkanes) is 1. The Balaban J connectivity index is 2.29. The summed E-state index contributed by atoms with van der Waals surface area (Å²) >= 11 is 0. The Morgan fingerprint density at radius 2 is 1.04 bits per heavy atom. The van der Waals surface area contributed by atoms with E-state index in [1.165, 1.54) is 82.7 Å². The molecule has 548 valence electrons. The number of hydrogen-bond acceptors (Lipinski definition) is 16. The first-order chi connectivity index (χ1) is 44.7. The molecule has 0 aliphatic carbocycles. The van der Waals surface area contributed by atoms with Crippen molar-refractivity contribution in [2.45, 2.75) is 247 Å². The topological polar surface area (TPSA) is 327 Å². The van der Waals surface area contributed by atoms with E-state index in [0.29, 0.717) is 19.6 Å². The van der Waals surface area contributed by atoms with Crippen LogP contribution in [0.25, 0.3) is 0 Å². The molecule has 0 saturated carbocycles. The molecule has 3 aliphatic rings. The minimum Gasteiger partial charge on any atom is -0.481 e. The summed E-state index contributed by atoms with van der Waals surface area (Å²) < 4.78 is 11.8. The number of nitrogens with zero attached hydrogens (tertiary/aromatic N) is 8. The summed E-state index contributed by atoms with van der Waals surface area (Å²) in [6.45, 7) is 31.2. The van der Waals surface area contributed by atoms with Gasteiger partial charge in [-0.25, -0.2) is 5.06 Å². The third-order valence-electron chi connectivity index (χ3n) is 18.8. The third kappa shape index (κ3) is 22.8. The lowest BCUT2D eigenvalue weighted by Crippen LogP contribution is -2.72. The summed E-state index contributed by atoms with van der Waals surface area (Å²) in [7, 11) is 8.49. The molecule has 3 fully saturated rings. The zero-order chi connectivity index (χ0) is 73.1. The number of carbonyl (C=O) groups is 12. The number of likely N-dealkylation sites (N-methyl/N-ethyl adjacent to an activating group) is 6. The van der Waals surface area contributed by atoms with Crippen molar-refractivity contribution >= 4 is 70.9 Å². The average molecular weight is 1360 g/mol. The Morgan fingerprint density at radius 1 is 0.531 bits per heavy atom. The molecule has 0 aromatic heterocycles. The van der Waals surface area contributed by atoms with Gasteiger partial charge < -0.3 is 65.2 Å². The number of hydroxylamine groups is 2. The fourth-order valence-corrected chi connectivity index (χ4v) is 12.7. The summed E-state index contributed by atoms with van der Waals surface area (Å²) in [6.07, 6.45) is 0.0479. The number of ether oxygens (including phenoxy) is 2. The van der Waals surface area contributed by atoms with Crippen LogP contribution in [0.5, 0.6) is 0 Å². The summed E-state index contributed by atoms with van der Waals surface area (Å²) in [5.74, 6) is -11.1. The van der Waals surface area contributed by atoms with Gasteiger partial charge in [0.25, 0.3) is 5.91 Å². The predicted molar refractivity (Wildman–Crippen MR) is 360 cm³/mol. The van der Waals surface area contributed by atoms with Crippen LogP contribution in [0.4, 0.5) is 0 Å². The molecule has 96 heavy (non-hydrogen) atoms. The number of rotatable bonds is 21. The van der Waals surface area contributed by atoms with Crippen LogP contribution in [0.1, 0.15) is 169 Å². The maximum Gasteiger partial charge on any atom is 0.303 e. The highest BCUT2D eigenvalue weighted by Gasteiger charge is 2.55. The van der Waals surface area contributed by atoms with Crippen LogP contribution < -0.4 is 21.3 Å². The van der Waals surface area contributed by atoms with Gasteiger partial charge in [0.2, 0.25) is 59.1 Å². The number of morpholine rings is 1. The number of carbonyl (C=O) groups excluding carboxylic acids is 11. The lowest BCUT2D eigenvalue weighted by Gasteiger charge is -2.50. The molecule has 28 heteroatoms. The Bertz CT molecular complexity index is 2660. The van der Waals surface area contributed by atoms with Crippen molar-refractivity contribution in [3.05, 3.63) is 0 Å². The van der Waals surface area contributed by atoms with Gasteiger partial charge in [0.1, 0.15) is 66.5 Å². The van der Waals surface area contributed by atoms with Gasteiger partial charge in [-0.1, -0.05) is 83.1 Å². The van der Waals surface area contributed by atoms with Gasteiger partial charge in [0, 0.05) is 68.4 Å².